The number of imide groups is 1. The second-order valence-electron chi connectivity index (χ2n) is 2.67. The highest BCUT2D eigenvalue weighted by Gasteiger charge is 2.30. The van der Waals surface area contributed by atoms with Crippen LogP contribution in [-0.2, 0) is 4.79 Å². The summed E-state index contributed by atoms with van der Waals surface area (Å²) in [5.74, 6) is -0.308. The number of carbonyl (C=O) groups is 2. The highest BCUT2D eigenvalue weighted by atomic mass is 16.2. The van der Waals surface area contributed by atoms with Crippen molar-refractivity contribution in [3.63, 3.8) is 0 Å². The van der Waals surface area contributed by atoms with E-state index in [0.29, 0.717) is 5.70 Å². The van der Waals surface area contributed by atoms with Crippen molar-refractivity contribution in [3.8, 4) is 0 Å². The van der Waals surface area contributed by atoms with Gasteiger partial charge in [0.15, 0.2) is 0 Å². The molecule has 0 atom stereocenters. The van der Waals surface area contributed by atoms with Gasteiger partial charge < -0.3 is 0 Å². The lowest BCUT2D eigenvalue weighted by Gasteiger charge is -2.07. The van der Waals surface area contributed by atoms with Gasteiger partial charge >= 0.3 is 6.03 Å². The van der Waals surface area contributed by atoms with E-state index in [1.807, 2.05) is 0 Å². The SMILES string of the molecule is CC(C)=C1C(=O)NC(=O)N1C. The Bertz CT molecular complexity index is 251. The Morgan fingerprint density at radius 3 is 2.09 bits per heavy atom. The maximum Gasteiger partial charge on any atom is 0.328 e. The largest absolute Gasteiger partial charge is 0.328 e. The van der Waals surface area contributed by atoms with Gasteiger partial charge in [0.2, 0.25) is 0 Å². The number of carbonyl (C=O) groups excluding carboxylic acids is 2. The monoisotopic (exact) mass is 154 g/mol. The van der Waals surface area contributed by atoms with E-state index in [-0.39, 0.29) is 11.9 Å². The number of nitrogens with zero attached hydrogens (tertiary/aromatic N) is 1. The molecule has 0 aliphatic carbocycles. The average molecular weight is 154 g/mol. The lowest BCUT2D eigenvalue weighted by atomic mass is 10.2. The molecule has 0 aromatic rings. The maximum atomic E-state index is 11.0. The third kappa shape index (κ3) is 1.11. The van der Waals surface area contributed by atoms with Crippen LogP contribution in [0.3, 0.4) is 0 Å². The maximum absolute atomic E-state index is 11.0. The fourth-order valence-corrected chi connectivity index (χ4v) is 1.06. The van der Waals surface area contributed by atoms with Crippen LogP contribution in [0.4, 0.5) is 4.79 Å². The molecule has 0 saturated carbocycles. The highest BCUT2D eigenvalue weighted by Crippen LogP contribution is 2.13. The Kier molecular flexibility index (Phi) is 1.68. The van der Waals surface area contributed by atoms with E-state index >= 15 is 0 Å². The van der Waals surface area contributed by atoms with E-state index < -0.39 is 0 Å². The van der Waals surface area contributed by atoms with Crippen molar-refractivity contribution in [1.82, 2.24) is 10.2 Å². The van der Waals surface area contributed by atoms with Crippen molar-refractivity contribution in [2.24, 2.45) is 0 Å². The van der Waals surface area contributed by atoms with Crippen molar-refractivity contribution < 1.29 is 9.59 Å². The van der Waals surface area contributed by atoms with Crippen LogP contribution in [0.2, 0.25) is 0 Å². The lowest BCUT2D eigenvalue weighted by Crippen LogP contribution is -2.24. The number of urea groups is 1. The molecule has 0 unspecified atom stereocenters. The summed E-state index contributed by atoms with van der Waals surface area (Å²) in [6, 6.07) is -0.355. The first-order valence-corrected chi connectivity index (χ1v) is 3.30. The molecular formula is C7H10N2O2. The fraction of sp³-hybridized carbons (Fsp3) is 0.429. The number of hydrogen-bond acceptors (Lipinski definition) is 2. The average Bonchev–Trinajstić information content (AvgIpc) is 2.07. The summed E-state index contributed by atoms with van der Waals surface area (Å²) in [5.41, 5.74) is 1.30. The molecule has 1 N–H and O–H groups in total. The van der Waals surface area contributed by atoms with Crippen molar-refractivity contribution in [3.05, 3.63) is 11.3 Å². The molecule has 0 aromatic carbocycles. The van der Waals surface area contributed by atoms with Crippen molar-refractivity contribution in [2.45, 2.75) is 13.8 Å². The van der Waals surface area contributed by atoms with Gasteiger partial charge in [0.25, 0.3) is 5.91 Å². The number of rotatable bonds is 0. The van der Waals surface area contributed by atoms with Crippen LogP contribution in [0.25, 0.3) is 0 Å². The quantitative estimate of drug-likeness (QED) is 0.407. The summed E-state index contributed by atoms with van der Waals surface area (Å²) in [7, 11) is 1.57. The standard InChI is InChI=1S/C7H10N2O2/c1-4(2)5-6(10)8-7(11)9(5)3/h1-3H3,(H,8,10,11). The Morgan fingerprint density at radius 1 is 1.36 bits per heavy atom. The Balaban J connectivity index is 3.08. The lowest BCUT2D eigenvalue weighted by molar-refractivity contribution is -0.116. The van der Waals surface area contributed by atoms with Crippen LogP contribution in [0.15, 0.2) is 11.3 Å². The first-order chi connectivity index (χ1) is 5.04. The molecule has 11 heavy (non-hydrogen) atoms. The zero-order valence-electron chi connectivity index (χ0n) is 6.76. The van der Waals surface area contributed by atoms with Crippen LogP contribution in [-0.4, -0.2) is 23.9 Å². The summed E-state index contributed by atoms with van der Waals surface area (Å²) in [4.78, 5) is 23.2. The van der Waals surface area contributed by atoms with Crippen LogP contribution in [0, 0.1) is 0 Å². The third-order valence-electron chi connectivity index (χ3n) is 1.55. The first kappa shape index (κ1) is 7.78. The van der Waals surface area contributed by atoms with E-state index in [4.69, 9.17) is 0 Å². The Labute approximate surface area is 64.9 Å². The Morgan fingerprint density at radius 2 is 1.91 bits per heavy atom. The van der Waals surface area contributed by atoms with Gasteiger partial charge in [-0.25, -0.2) is 4.79 Å². The molecule has 0 radical (unpaired) electrons. The number of hydrogen-bond donors (Lipinski definition) is 1. The topological polar surface area (TPSA) is 49.4 Å². The zero-order valence-corrected chi connectivity index (χ0v) is 6.76. The molecule has 0 spiro atoms. The highest BCUT2D eigenvalue weighted by molar-refractivity contribution is 6.11. The molecule has 3 amide bonds. The molecule has 4 heteroatoms. The van der Waals surface area contributed by atoms with Gasteiger partial charge in [-0.1, -0.05) is 0 Å². The summed E-state index contributed by atoms with van der Waals surface area (Å²) in [5, 5.41) is 2.19. The molecular weight excluding hydrogens is 144 g/mol. The summed E-state index contributed by atoms with van der Waals surface area (Å²) in [6.45, 7) is 3.59. The number of allylic oxidation sites excluding steroid dienone is 1. The van der Waals surface area contributed by atoms with Gasteiger partial charge in [0.05, 0.1) is 0 Å². The van der Waals surface area contributed by atoms with Crippen molar-refractivity contribution in [1.29, 1.82) is 0 Å². The van der Waals surface area contributed by atoms with Crippen LogP contribution < -0.4 is 5.32 Å². The normalized spacial score (nSPS) is 17.4. The third-order valence-corrected chi connectivity index (χ3v) is 1.55. The predicted molar refractivity (Wildman–Crippen MR) is 39.7 cm³/mol. The van der Waals surface area contributed by atoms with E-state index in [2.05, 4.69) is 5.32 Å². The molecule has 1 fully saturated rings. The minimum absolute atomic E-state index is 0.308. The summed E-state index contributed by atoms with van der Waals surface area (Å²) >= 11 is 0. The smallest absolute Gasteiger partial charge is 0.292 e. The summed E-state index contributed by atoms with van der Waals surface area (Å²) < 4.78 is 0. The van der Waals surface area contributed by atoms with E-state index in [9.17, 15) is 9.59 Å². The second-order valence-corrected chi connectivity index (χ2v) is 2.67. The van der Waals surface area contributed by atoms with Crippen LogP contribution in [0.5, 0.6) is 0 Å². The molecule has 4 nitrogen and oxygen atoms in total. The van der Waals surface area contributed by atoms with Gasteiger partial charge in [0.1, 0.15) is 5.70 Å². The molecule has 1 aliphatic rings. The summed E-state index contributed by atoms with van der Waals surface area (Å²) in [6.07, 6.45) is 0. The Hall–Kier alpha value is -1.32. The van der Waals surface area contributed by atoms with E-state index in [0.717, 1.165) is 5.57 Å². The molecule has 1 heterocycles. The van der Waals surface area contributed by atoms with Gasteiger partial charge in [-0.3, -0.25) is 15.0 Å². The second kappa shape index (κ2) is 2.38. The molecule has 1 rings (SSSR count). The minimum atomic E-state index is -0.355. The van der Waals surface area contributed by atoms with Gasteiger partial charge in [-0.2, -0.15) is 0 Å². The van der Waals surface area contributed by atoms with Gasteiger partial charge in [-0.15, -0.1) is 0 Å². The molecule has 1 aliphatic heterocycles. The van der Waals surface area contributed by atoms with E-state index in [1.165, 1.54) is 4.90 Å². The fourth-order valence-electron chi connectivity index (χ4n) is 1.06. The number of nitrogens with one attached hydrogen (secondary N) is 1. The molecule has 60 valence electrons. The van der Waals surface area contributed by atoms with Crippen molar-refractivity contribution >= 4 is 11.9 Å². The zero-order chi connectivity index (χ0) is 8.59. The molecule has 0 aromatic heterocycles. The molecule has 1 saturated heterocycles. The van der Waals surface area contributed by atoms with Crippen molar-refractivity contribution in [2.75, 3.05) is 7.05 Å². The van der Waals surface area contributed by atoms with Crippen LogP contribution >= 0.6 is 0 Å². The van der Waals surface area contributed by atoms with Gasteiger partial charge in [-0.05, 0) is 19.4 Å². The van der Waals surface area contributed by atoms with Crippen LogP contribution in [0.1, 0.15) is 13.8 Å². The molecule has 0 bridgehead atoms. The number of likely N-dealkylation sites (N-methyl/N-ethyl adjacent to an activating group) is 1. The minimum Gasteiger partial charge on any atom is -0.292 e. The van der Waals surface area contributed by atoms with Gasteiger partial charge in [0, 0.05) is 7.05 Å². The van der Waals surface area contributed by atoms with E-state index in [1.54, 1.807) is 20.9 Å². The first-order valence-electron chi connectivity index (χ1n) is 3.30. The predicted octanol–water partition coefficient (Wildman–Crippen LogP) is 0.462. The number of amides is 3.